The van der Waals surface area contributed by atoms with Gasteiger partial charge in [0.25, 0.3) is 0 Å². The van der Waals surface area contributed by atoms with Crippen molar-refractivity contribution in [3.63, 3.8) is 0 Å². The zero-order chi connectivity index (χ0) is 8.53. The second kappa shape index (κ2) is 7.28. The fourth-order valence-corrected chi connectivity index (χ4v) is 0.536. The quantitative estimate of drug-likeness (QED) is 0.330. The summed E-state index contributed by atoms with van der Waals surface area (Å²) < 4.78 is 9.71. The van der Waals surface area contributed by atoms with Gasteiger partial charge in [0.2, 0.25) is 0 Å². The van der Waals surface area contributed by atoms with Crippen LogP contribution in [0.25, 0.3) is 0 Å². The van der Waals surface area contributed by atoms with Crippen molar-refractivity contribution in [2.24, 2.45) is 0 Å². The highest BCUT2D eigenvalue weighted by molar-refractivity contribution is 5.70. The number of hydrogen-bond acceptors (Lipinski definition) is 3. The van der Waals surface area contributed by atoms with Crippen LogP contribution in [0.2, 0.25) is 0 Å². The minimum atomic E-state index is -0.250. The monoisotopic (exact) mass is 158 g/mol. The molecule has 0 aliphatic rings. The molecule has 0 bridgehead atoms. The molecule has 0 aromatic heterocycles. The Morgan fingerprint density at radius 3 is 2.82 bits per heavy atom. The van der Waals surface area contributed by atoms with Crippen LogP contribution in [0, 0.1) is 0 Å². The molecule has 0 spiro atoms. The number of rotatable bonds is 6. The van der Waals surface area contributed by atoms with Crippen LogP contribution in [0.1, 0.15) is 13.3 Å². The zero-order valence-electron chi connectivity index (χ0n) is 6.84. The zero-order valence-corrected chi connectivity index (χ0v) is 6.84. The van der Waals surface area contributed by atoms with Crippen LogP contribution in [0.4, 0.5) is 0 Å². The van der Waals surface area contributed by atoms with Crippen molar-refractivity contribution in [1.82, 2.24) is 0 Å². The fraction of sp³-hybridized carbons (Fsp3) is 0.625. The van der Waals surface area contributed by atoms with Crippen LogP contribution in [-0.4, -0.2) is 25.8 Å². The predicted octanol–water partition coefficient (Wildman–Crippen LogP) is 1.14. The molecule has 0 aliphatic carbocycles. The molecule has 11 heavy (non-hydrogen) atoms. The third kappa shape index (κ3) is 7.06. The van der Waals surface area contributed by atoms with E-state index in [4.69, 9.17) is 9.47 Å². The topological polar surface area (TPSA) is 35.5 Å². The van der Waals surface area contributed by atoms with Gasteiger partial charge in [0.15, 0.2) is 0 Å². The van der Waals surface area contributed by atoms with Crippen molar-refractivity contribution < 1.29 is 14.3 Å². The molecule has 0 amide bonds. The molecule has 0 heterocycles. The Bertz CT molecular complexity index is 121. The lowest BCUT2D eigenvalue weighted by atomic mass is 10.4. The minimum absolute atomic E-state index is 0.250. The van der Waals surface area contributed by atoms with Crippen molar-refractivity contribution in [2.45, 2.75) is 13.3 Å². The third-order valence-corrected chi connectivity index (χ3v) is 1.01. The molecule has 0 saturated carbocycles. The lowest BCUT2D eigenvalue weighted by Gasteiger charge is -2.02. The van der Waals surface area contributed by atoms with E-state index in [0.717, 1.165) is 0 Å². The van der Waals surface area contributed by atoms with Crippen LogP contribution >= 0.6 is 0 Å². The van der Waals surface area contributed by atoms with E-state index < -0.39 is 0 Å². The molecule has 0 unspecified atom stereocenters. The van der Waals surface area contributed by atoms with Gasteiger partial charge in [0.05, 0.1) is 13.0 Å². The molecule has 0 fully saturated rings. The summed E-state index contributed by atoms with van der Waals surface area (Å²) in [5.41, 5.74) is 0. The van der Waals surface area contributed by atoms with E-state index in [0.29, 0.717) is 19.8 Å². The average Bonchev–Trinajstić information content (AvgIpc) is 1.99. The molecule has 3 nitrogen and oxygen atoms in total. The maximum Gasteiger partial charge on any atom is 0.309 e. The molecule has 0 aliphatic heterocycles. The molecule has 0 atom stereocenters. The van der Waals surface area contributed by atoms with Gasteiger partial charge in [0, 0.05) is 6.61 Å². The molecule has 3 heteroatoms. The molecule has 0 aromatic carbocycles. The summed E-state index contributed by atoms with van der Waals surface area (Å²) in [6.45, 7) is 6.76. The number of hydrogen-bond donors (Lipinski definition) is 0. The van der Waals surface area contributed by atoms with Crippen molar-refractivity contribution in [1.29, 1.82) is 0 Å². The SMILES string of the molecule is C=CCC(=O)OCCOCC. The van der Waals surface area contributed by atoms with Crippen LogP contribution in [-0.2, 0) is 14.3 Å². The summed E-state index contributed by atoms with van der Waals surface area (Å²) in [4.78, 5) is 10.7. The molecule has 0 N–H and O–H groups in total. The highest BCUT2D eigenvalue weighted by Gasteiger charge is 1.96. The summed E-state index contributed by atoms with van der Waals surface area (Å²) in [5.74, 6) is -0.250. The van der Waals surface area contributed by atoms with E-state index in [-0.39, 0.29) is 12.4 Å². The lowest BCUT2D eigenvalue weighted by Crippen LogP contribution is -2.09. The van der Waals surface area contributed by atoms with Crippen LogP contribution in [0.15, 0.2) is 12.7 Å². The van der Waals surface area contributed by atoms with Gasteiger partial charge >= 0.3 is 5.97 Å². The summed E-state index contributed by atoms with van der Waals surface area (Å²) in [5, 5.41) is 0. The van der Waals surface area contributed by atoms with E-state index in [2.05, 4.69) is 6.58 Å². The Morgan fingerprint density at radius 2 is 2.27 bits per heavy atom. The Kier molecular flexibility index (Phi) is 6.73. The van der Waals surface area contributed by atoms with Gasteiger partial charge in [-0.05, 0) is 6.92 Å². The lowest BCUT2D eigenvalue weighted by molar-refractivity contribution is -0.144. The van der Waals surface area contributed by atoms with Crippen LogP contribution in [0.5, 0.6) is 0 Å². The number of carbonyl (C=O) groups excluding carboxylic acids is 1. The van der Waals surface area contributed by atoms with E-state index in [9.17, 15) is 4.79 Å². The summed E-state index contributed by atoms with van der Waals surface area (Å²) in [6, 6.07) is 0. The van der Waals surface area contributed by atoms with Gasteiger partial charge in [-0.3, -0.25) is 4.79 Å². The first-order valence-corrected chi connectivity index (χ1v) is 3.65. The van der Waals surface area contributed by atoms with Crippen molar-refractivity contribution >= 4 is 5.97 Å². The highest BCUT2D eigenvalue weighted by atomic mass is 16.6. The van der Waals surface area contributed by atoms with E-state index in [1.54, 1.807) is 0 Å². The van der Waals surface area contributed by atoms with Crippen molar-refractivity contribution in [3.05, 3.63) is 12.7 Å². The molecule has 0 rings (SSSR count). The average molecular weight is 158 g/mol. The third-order valence-electron chi connectivity index (χ3n) is 1.01. The number of esters is 1. The largest absolute Gasteiger partial charge is 0.463 e. The first-order valence-electron chi connectivity index (χ1n) is 3.65. The maximum absolute atomic E-state index is 10.7. The summed E-state index contributed by atoms with van der Waals surface area (Å²) >= 11 is 0. The summed E-state index contributed by atoms with van der Waals surface area (Å²) in [7, 11) is 0. The van der Waals surface area contributed by atoms with Gasteiger partial charge in [-0.1, -0.05) is 6.08 Å². The Balaban J connectivity index is 3.10. The van der Waals surface area contributed by atoms with E-state index >= 15 is 0 Å². The Labute approximate surface area is 67.0 Å². The number of carbonyl (C=O) groups is 1. The minimum Gasteiger partial charge on any atom is -0.463 e. The molecular formula is C8H14O3. The van der Waals surface area contributed by atoms with Gasteiger partial charge in [-0.2, -0.15) is 0 Å². The second-order valence-corrected chi connectivity index (χ2v) is 1.91. The molecule has 0 radical (unpaired) electrons. The Morgan fingerprint density at radius 1 is 1.55 bits per heavy atom. The van der Waals surface area contributed by atoms with Gasteiger partial charge in [0.1, 0.15) is 6.61 Å². The second-order valence-electron chi connectivity index (χ2n) is 1.91. The highest BCUT2D eigenvalue weighted by Crippen LogP contribution is 1.86. The van der Waals surface area contributed by atoms with Crippen LogP contribution in [0.3, 0.4) is 0 Å². The van der Waals surface area contributed by atoms with Gasteiger partial charge in [-0.15, -0.1) is 6.58 Å². The molecule has 64 valence electrons. The molecular weight excluding hydrogens is 144 g/mol. The normalized spacial score (nSPS) is 9.18. The standard InChI is InChI=1S/C8H14O3/c1-3-5-8(9)11-7-6-10-4-2/h3H,1,4-7H2,2H3. The molecule has 0 aromatic rings. The van der Waals surface area contributed by atoms with Gasteiger partial charge in [-0.25, -0.2) is 0 Å². The number of ether oxygens (including phenoxy) is 2. The smallest absolute Gasteiger partial charge is 0.309 e. The Hall–Kier alpha value is -0.830. The molecule has 0 saturated heterocycles. The van der Waals surface area contributed by atoms with E-state index in [1.165, 1.54) is 6.08 Å². The van der Waals surface area contributed by atoms with Gasteiger partial charge < -0.3 is 9.47 Å². The van der Waals surface area contributed by atoms with Crippen molar-refractivity contribution in [2.75, 3.05) is 19.8 Å². The van der Waals surface area contributed by atoms with Crippen LogP contribution < -0.4 is 0 Å². The fourth-order valence-electron chi connectivity index (χ4n) is 0.536. The maximum atomic E-state index is 10.7. The first-order chi connectivity index (χ1) is 5.31. The van der Waals surface area contributed by atoms with E-state index in [1.807, 2.05) is 6.92 Å². The summed E-state index contributed by atoms with van der Waals surface area (Å²) in [6.07, 6.45) is 1.79. The predicted molar refractivity (Wildman–Crippen MR) is 42.3 cm³/mol. The van der Waals surface area contributed by atoms with Crippen molar-refractivity contribution in [3.8, 4) is 0 Å². The first kappa shape index (κ1) is 10.2.